The summed E-state index contributed by atoms with van der Waals surface area (Å²) in [4.78, 5) is 12.5. The van der Waals surface area contributed by atoms with Crippen LogP contribution in [0.2, 0.25) is 0 Å². The number of aliphatic hydroxyl groups excluding tert-OH is 3. The molecule has 0 radical (unpaired) electrons. The van der Waals surface area contributed by atoms with Crippen molar-refractivity contribution in [1.29, 1.82) is 0 Å². The summed E-state index contributed by atoms with van der Waals surface area (Å²) in [6.45, 7) is 4.31. The Bertz CT molecular complexity index is 807. The van der Waals surface area contributed by atoms with Gasteiger partial charge < -0.3 is 20.6 Å². The summed E-state index contributed by atoms with van der Waals surface area (Å²) in [5.41, 5.74) is 0. The van der Waals surface area contributed by atoms with Gasteiger partial charge in [-0.05, 0) is 12.8 Å². The van der Waals surface area contributed by atoms with Crippen molar-refractivity contribution in [2.45, 2.75) is 340 Å². The van der Waals surface area contributed by atoms with Gasteiger partial charge in [-0.25, -0.2) is 0 Å². The Morgan fingerprint density at radius 2 is 0.567 bits per heavy atom. The average molecular weight is 850 g/mol. The van der Waals surface area contributed by atoms with Crippen LogP contribution in [0.5, 0.6) is 0 Å². The van der Waals surface area contributed by atoms with Gasteiger partial charge >= 0.3 is 0 Å². The summed E-state index contributed by atoms with van der Waals surface area (Å²) in [5, 5.41) is 33.6. The monoisotopic (exact) mass is 850 g/mol. The highest BCUT2D eigenvalue weighted by molar-refractivity contribution is 5.76. The standard InChI is InChI=1S/C55H111NO4/c1-3-5-7-9-11-13-15-17-19-21-23-25-26-27-29-31-33-35-37-39-41-43-45-47-49-54(59)53(51-57)56-55(60)50-52(58)48-46-44-42-40-38-36-34-32-30-28-24-22-20-18-16-14-12-10-8-6-4-2/h52-54,57-59H,3-51H2,1-2H3,(H,56,60). The minimum atomic E-state index is -0.745. The van der Waals surface area contributed by atoms with E-state index in [1.807, 2.05) is 0 Å². The van der Waals surface area contributed by atoms with Crippen molar-refractivity contribution in [3.8, 4) is 0 Å². The van der Waals surface area contributed by atoms with Gasteiger partial charge in [-0.2, -0.15) is 0 Å². The van der Waals surface area contributed by atoms with Crippen LogP contribution in [0.15, 0.2) is 0 Å². The molecule has 4 N–H and O–H groups in total. The van der Waals surface area contributed by atoms with Crippen LogP contribution in [0.4, 0.5) is 0 Å². The van der Waals surface area contributed by atoms with Crippen molar-refractivity contribution < 1.29 is 20.1 Å². The van der Waals surface area contributed by atoms with Crippen LogP contribution in [-0.2, 0) is 4.79 Å². The molecule has 60 heavy (non-hydrogen) atoms. The molecule has 0 aromatic carbocycles. The Balaban J connectivity index is 3.50. The van der Waals surface area contributed by atoms with Crippen molar-refractivity contribution in [2.24, 2.45) is 0 Å². The summed E-state index contributed by atoms with van der Waals surface area (Å²) in [6, 6.07) is -0.654. The number of unbranched alkanes of at least 4 members (excludes halogenated alkanes) is 43. The third-order valence-electron chi connectivity index (χ3n) is 13.4. The smallest absolute Gasteiger partial charge is 0.222 e. The molecule has 0 aliphatic carbocycles. The van der Waals surface area contributed by atoms with E-state index in [-0.39, 0.29) is 18.9 Å². The van der Waals surface area contributed by atoms with E-state index in [0.717, 1.165) is 25.7 Å². The first kappa shape index (κ1) is 59.4. The van der Waals surface area contributed by atoms with Crippen LogP contribution in [0.3, 0.4) is 0 Å². The molecule has 0 aliphatic heterocycles. The van der Waals surface area contributed by atoms with Crippen molar-refractivity contribution in [3.63, 3.8) is 0 Å². The van der Waals surface area contributed by atoms with Gasteiger partial charge in [0, 0.05) is 0 Å². The molecule has 0 fully saturated rings. The van der Waals surface area contributed by atoms with Gasteiger partial charge in [0.05, 0.1) is 31.3 Å². The minimum absolute atomic E-state index is 0.0435. The quantitative estimate of drug-likeness (QED) is 0.0459. The lowest BCUT2D eigenvalue weighted by atomic mass is 10.0. The maximum absolute atomic E-state index is 12.5. The van der Waals surface area contributed by atoms with E-state index in [9.17, 15) is 20.1 Å². The largest absolute Gasteiger partial charge is 0.394 e. The predicted molar refractivity (Wildman–Crippen MR) is 264 cm³/mol. The summed E-state index contributed by atoms with van der Waals surface area (Å²) in [5.74, 6) is -0.274. The molecule has 0 aliphatic rings. The van der Waals surface area contributed by atoms with E-state index in [2.05, 4.69) is 19.2 Å². The molecular formula is C55H111NO4. The first-order valence-electron chi connectivity index (χ1n) is 27.8. The van der Waals surface area contributed by atoms with Gasteiger partial charge in [-0.3, -0.25) is 4.79 Å². The highest BCUT2D eigenvalue weighted by atomic mass is 16.3. The van der Waals surface area contributed by atoms with Gasteiger partial charge in [-0.15, -0.1) is 0 Å². The number of hydrogen-bond acceptors (Lipinski definition) is 4. The van der Waals surface area contributed by atoms with E-state index < -0.39 is 18.2 Å². The topological polar surface area (TPSA) is 89.8 Å². The molecule has 0 aromatic heterocycles. The molecule has 1 amide bonds. The zero-order valence-corrected chi connectivity index (χ0v) is 41.1. The molecule has 0 rings (SSSR count). The van der Waals surface area contributed by atoms with E-state index in [0.29, 0.717) is 12.8 Å². The van der Waals surface area contributed by atoms with Crippen LogP contribution in [-0.4, -0.2) is 46.1 Å². The summed E-state index contributed by atoms with van der Waals surface area (Å²) < 4.78 is 0. The molecule has 5 nitrogen and oxygen atoms in total. The highest BCUT2D eigenvalue weighted by Gasteiger charge is 2.21. The first-order valence-corrected chi connectivity index (χ1v) is 27.8. The fraction of sp³-hybridized carbons (Fsp3) is 0.982. The van der Waals surface area contributed by atoms with Crippen LogP contribution >= 0.6 is 0 Å². The lowest BCUT2D eigenvalue weighted by molar-refractivity contribution is -0.125. The Kier molecular flexibility index (Phi) is 50.4. The second kappa shape index (κ2) is 51.0. The number of amides is 1. The van der Waals surface area contributed by atoms with Gasteiger partial charge in [-0.1, -0.05) is 303 Å². The Labute approximate surface area is 377 Å². The van der Waals surface area contributed by atoms with E-state index in [1.165, 1.54) is 263 Å². The number of nitrogens with one attached hydrogen (secondary N) is 1. The molecule has 0 aromatic rings. The van der Waals surface area contributed by atoms with Gasteiger partial charge in [0.2, 0.25) is 5.91 Å². The maximum atomic E-state index is 12.5. The van der Waals surface area contributed by atoms with Crippen molar-refractivity contribution in [3.05, 3.63) is 0 Å². The van der Waals surface area contributed by atoms with Crippen molar-refractivity contribution >= 4 is 5.91 Å². The maximum Gasteiger partial charge on any atom is 0.222 e. The highest BCUT2D eigenvalue weighted by Crippen LogP contribution is 2.18. The Morgan fingerprint density at radius 3 is 0.800 bits per heavy atom. The molecule has 0 heterocycles. The molecule has 0 bridgehead atoms. The molecule has 0 saturated heterocycles. The lowest BCUT2D eigenvalue weighted by Gasteiger charge is -2.23. The second-order valence-electron chi connectivity index (χ2n) is 19.6. The molecule has 3 atom stereocenters. The Morgan fingerprint density at radius 1 is 0.350 bits per heavy atom. The van der Waals surface area contributed by atoms with Crippen LogP contribution in [0, 0.1) is 0 Å². The number of carbonyl (C=O) groups excluding carboxylic acids is 1. The second-order valence-corrected chi connectivity index (χ2v) is 19.6. The van der Waals surface area contributed by atoms with E-state index in [4.69, 9.17) is 0 Å². The first-order chi connectivity index (χ1) is 29.5. The molecule has 3 unspecified atom stereocenters. The van der Waals surface area contributed by atoms with E-state index >= 15 is 0 Å². The third kappa shape index (κ3) is 46.8. The zero-order valence-electron chi connectivity index (χ0n) is 41.1. The number of carbonyl (C=O) groups is 1. The van der Waals surface area contributed by atoms with E-state index in [1.54, 1.807) is 0 Å². The predicted octanol–water partition coefficient (Wildman–Crippen LogP) is 16.9. The number of aliphatic hydroxyl groups is 3. The SMILES string of the molecule is CCCCCCCCCCCCCCCCCCCCCCCCCCC(O)C(CO)NC(=O)CC(O)CCCCCCCCCCCCCCCCCCCCCCC. The molecule has 5 heteroatoms. The lowest BCUT2D eigenvalue weighted by Crippen LogP contribution is -2.46. The fourth-order valence-electron chi connectivity index (χ4n) is 9.17. The average Bonchev–Trinajstić information content (AvgIpc) is 3.24. The summed E-state index contributed by atoms with van der Waals surface area (Å²) >= 11 is 0. The Hall–Kier alpha value is -0.650. The van der Waals surface area contributed by atoms with Crippen molar-refractivity contribution in [1.82, 2.24) is 5.32 Å². The summed E-state index contributed by atoms with van der Waals surface area (Å²) in [6.07, 6.45) is 61.1. The van der Waals surface area contributed by atoms with Crippen LogP contribution in [0.1, 0.15) is 322 Å². The molecule has 360 valence electrons. The van der Waals surface area contributed by atoms with Crippen LogP contribution in [0.25, 0.3) is 0 Å². The normalized spacial score (nSPS) is 13.2. The van der Waals surface area contributed by atoms with Gasteiger partial charge in [0.25, 0.3) is 0 Å². The van der Waals surface area contributed by atoms with Crippen molar-refractivity contribution in [2.75, 3.05) is 6.61 Å². The summed E-state index contributed by atoms with van der Waals surface area (Å²) in [7, 11) is 0. The molecule has 0 spiro atoms. The molecule has 0 saturated carbocycles. The van der Waals surface area contributed by atoms with Gasteiger partial charge in [0.15, 0.2) is 0 Å². The minimum Gasteiger partial charge on any atom is -0.394 e. The van der Waals surface area contributed by atoms with Crippen LogP contribution < -0.4 is 5.32 Å². The number of hydrogen-bond donors (Lipinski definition) is 4. The number of rotatable bonds is 52. The molecular weight excluding hydrogens is 739 g/mol. The fourth-order valence-corrected chi connectivity index (χ4v) is 9.17. The third-order valence-corrected chi connectivity index (χ3v) is 13.4. The van der Waals surface area contributed by atoms with Gasteiger partial charge in [0.1, 0.15) is 0 Å². The zero-order chi connectivity index (χ0) is 43.7.